The van der Waals surface area contributed by atoms with Gasteiger partial charge in [-0.25, -0.2) is 0 Å². The van der Waals surface area contributed by atoms with E-state index in [0.29, 0.717) is 0 Å². The van der Waals surface area contributed by atoms with E-state index in [2.05, 4.69) is 54.0 Å². The maximum atomic E-state index is 2.34. The summed E-state index contributed by atoms with van der Waals surface area (Å²) in [6, 6.07) is 6.57. The summed E-state index contributed by atoms with van der Waals surface area (Å²) in [6.45, 7) is 2.13. The number of thioether (sulfide) groups is 1. The van der Waals surface area contributed by atoms with Crippen molar-refractivity contribution in [1.29, 1.82) is 0 Å². The molecule has 0 bridgehead atoms. The minimum absolute atomic E-state index is 1.32. The van der Waals surface area contributed by atoms with Crippen molar-refractivity contribution in [3.8, 4) is 0 Å². The van der Waals surface area contributed by atoms with Crippen molar-refractivity contribution in [1.82, 2.24) is 0 Å². The summed E-state index contributed by atoms with van der Waals surface area (Å²) in [6.07, 6.45) is 2.10. The van der Waals surface area contributed by atoms with Gasteiger partial charge in [0.15, 0.2) is 0 Å². The number of aryl methyl sites for hydroxylation is 1. The van der Waals surface area contributed by atoms with Gasteiger partial charge in [-0.1, -0.05) is 0 Å². The van der Waals surface area contributed by atoms with E-state index in [1.807, 2.05) is 0 Å². The summed E-state index contributed by atoms with van der Waals surface area (Å²) in [5.41, 5.74) is 1.34. The molecule has 10 heavy (non-hydrogen) atoms. The first-order valence-corrected chi connectivity index (χ1v) is 5.34. The zero-order valence-electron chi connectivity index (χ0n) is 6.02. The van der Waals surface area contributed by atoms with Crippen molar-refractivity contribution in [3.63, 3.8) is 0 Å². The third-order valence-electron chi connectivity index (χ3n) is 1.25. The first-order valence-electron chi connectivity index (χ1n) is 3.03. The van der Waals surface area contributed by atoms with Crippen LogP contribution in [0.3, 0.4) is 0 Å². The Morgan fingerprint density at radius 1 is 1.30 bits per heavy atom. The SMILES string of the molecule is CSc1cc(C)cc(I)c1. The first-order chi connectivity index (χ1) is 4.72. The highest BCUT2D eigenvalue weighted by Crippen LogP contribution is 2.19. The molecule has 0 aromatic heterocycles. The second-order valence-electron chi connectivity index (χ2n) is 2.17. The van der Waals surface area contributed by atoms with Crippen LogP contribution in [0.15, 0.2) is 23.1 Å². The third kappa shape index (κ3) is 2.16. The molecule has 54 valence electrons. The molecular weight excluding hydrogens is 255 g/mol. The molecule has 0 fully saturated rings. The van der Waals surface area contributed by atoms with Crippen LogP contribution >= 0.6 is 34.4 Å². The van der Waals surface area contributed by atoms with E-state index in [0.717, 1.165) is 0 Å². The van der Waals surface area contributed by atoms with E-state index in [9.17, 15) is 0 Å². The van der Waals surface area contributed by atoms with Crippen LogP contribution in [0.2, 0.25) is 0 Å². The fourth-order valence-electron chi connectivity index (χ4n) is 0.821. The summed E-state index contributed by atoms with van der Waals surface area (Å²) >= 11 is 4.13. The van der Waals surface area contributed by atoms with Crippen LogP contribution in [0.25, 0.3) is 0 Å². The fraction of sp³-hybridized carbons (Fsp3) is 0.250. The van der Waals surface area contributed by atoms with Crippen LogP contribution in [-0.4, -0.2) is 6.26 Å². The molecule has 0 spiro atoms. The molecule has 2 heteroatoms. The predicted octanol–water partition coefficient (Wildman–Crippen LogP) is 3.32. The Labute approximate surface area is 79.5 Å². The van der Waals surface area contributed by atoms with E-state index in [1.165, 1.54) is 14.0 Å². The zero-order valence-corrected chi connectivity index (χ0v) is 8.99. The molecule has 0 amide bonds. The lowest BCUT2D eigenvalue weighted by atomic mass is 10.2. The van der Waals surface area contributed by atoms with Gasteiger partial charge >= 0.3 is 0 Å². The number of benzene rings is 1. The van der Waals surface area contributed by atoms with Crippen LogP contribution in [0.5, 0.6) is 0 Å². The van der Waals surface area contributed by atoms with E-state index < -0.39 is 0 Å². The van der Waals surface area contributed by atoms with E-state index in [4.69, 9.17) is 0 Å². The van der Waals surface area contributed by atoms with Gasteiger partial charge in [0.1, 0.15) is 0 Å². The molecule has 0 unspecified atom stereocenters. The predicted molar refractivity (Wildman–Crippen MR) is 55.7 cm³/mol. The lowest BCUT2D eigenvalue weighted by molar-refractivity contribution is 1.34. The molecule has 0 radical (unpaired) electrons. The maximum Gasteiger partial charge on any atom is 0.0144 e. The lowest BCUT2D eigenvalue weighted by Gasteiger charge is -1.98. The molecule has 0 aliphatic heterocycles. The van der Waals surface area contributed by atoms with Gasteiger partial charge in [-0.3, -0.25) is 0 Å². The van der Waals surface area contributed by atoms with Gasteiger partial charge in [0, 0.05) is 8.47 Å². The average Bonchev–Trinajstić information content (AvgIpc) is 1.85. The molecule has 0 atom stereocenters. The summed E-state index contributed by atoms with van der Waals surface area (Å²) < 4.78 is 1.32. The zero-order chi connectivity index (χ0) is 7.56. The first kappa shape index (κ1) is 8.40. The molecule has 1 aromatic rings. The number of rotatable bonds is 1. The van der Waals surface area contributed by atoms with Crippen LogP contribution in [0.1, 0.15) is 5.56 Å². The summed E-state index contributed by atoms with van der Waals surface area (Å²) in [4.78, 5) is 1.35. The molecular formula is C8H9IS. The quantitative estimate of drug-likeness (QED) is 0.554. The second-order valence-corrected chi connectivity index (χ2v) is 4.29. The number of halogens is 1. The van der Waals surface area contributed by atoms with Crippen molar-refractivity contribution in [2.24, 2.45) is 0 Å². The summed E-state index contributed by atoms with van der Waals surface area (Å²) in [5.74, 6) is 0. The molecule has 0 heterocycles. The van der Waals surface area contributed by atoms with E-state index >= 15 is 0 Å². The standard InChI is InChI=1S/C8H9IS/c1-6-3-7(9)5-8(4-6)10-2/h3-5H,1-2H3. The lowest BCUT2D eigenvalue weighted by Crippen LogP contribution is -1.77. The van der Waals surface area contributed by atoms with Gasteiger partial charge in [-0.15, -0.1) is 11.8 Å². The topological polar surface area (TPSA) is 0 Å². The summed E-state index contributed by atoms with van der Waals surface area (Å²) in [5, 5.41) is 0. The molecule has 0 saturated heterocycles. The minimum Gasteiger partial charge on any atom is -0.130 e. The van der Waals surface area contributed by atoms with Crippen molar-refractivity contribution in [2.45, 2.75) is 11.8 Å². The summed E-state index contributed by atoms with van der Waals surface area (Å²) in [7, 11) is 0. The second kappa shape index (κ2) is 3.62. The van der Waals surface area contributed by atoms with Crippen LogP contribution in [0, 0.1) is 10.5 Å². The molecule has 0 N–H and O–H groups in total. The average molecular weight is 264 g/mol. The van der Waals surface area contributed by atoms with Crippen molar-refractivity contribution in [2.75, 3.05) is 6.26 Å². The van der Waals surface area contributed by atoms with Crippen LogP contribution < -0.4 is 0 Å². The van der Waals surface area contributed by atoms with E-state index in [-0.39, 0.29) is 0 Å². The largest absolute Gasteiger partial charge is 0.130 e. The van der Waals surface area contributed by atoms with Crippen molar-refractivity contribution < 1.29 is 0 Å². The Balaban J connectivity index is 3.06. The van der Waals surface area contributed by atoms with Crippen molar-refractivity contribution >= 4 is 34.4 Å². The third-order valence-corrected chi connectivity index (χ3v) is 2.58. The van der Waals surface area contributed by atoms with Gasteiger partial charge < -0.3 is 0 Å². The Hall–Kier alpha value is 0.300. The molecule has 0 aliphatic carbocycles. The van der Waals surface area contributed by atoms with Gasteiger partial charge in [-0.2, -0.15) is 0 Å². The Kier molecular flexibility index (Phi) is 3.04. The Morgan fingerprint density at radius 2 is 2.00 bits per heavy atom. The highest BCUT2D eigenvalue weighted by molar-refractivity contribution is 14.1. The minimum atomic E-state index is 1.32. The molecule has 1 aromatic carbocycles. The van der Waals surface area contributed by atoms with Gasteiger partial charge in [-0.05, 0) is 59.5 Å². The maximum absolute atomic E-state index is 2.34. The van der Waals surface area contributed by atoms with Gasteiger partial charge in [0.2, 0.25) is 0 Å². The molecule has 1 rings (SSSR count). The molecule has 0 saturated carbocycles. The highest BCUT2D eigenvalue weighted by atomic mass is 127. The highest BCUT2D eigenvalue weighted by Gasteiger charge is 1.92. The Bertz CT molecular complexity index is 212. The number of hydrogen-bond acceptors (Lipinski definition) is 1. The fourth-order valence-corrected chi connectivity index (χ4v) is 2.41. The molecule has 0 nitrogen and oxygen atoms in total. The Morgan fingerprint density at radius 3 is 2.50 bits per heavy atom. The monoisotopic (exact) mass is 264 g/mol. The normalized spacial score (nSPS) is 9.90. The van der Waals surface area contributed by atoms with Crippen molar-refractivity contribution in [3.05, 3.63) is 27.3 Å². The molecule has 0 aliphatic rings. The smallest absolute Gasteiger partial charge is 0.0144 e. The van der Waals surface area contributed by atoms with Crippen LogP contribution in [-0.2, 0) is 0 Å². The number of hydrogen-bond donors (Lipinski definition) is 0. The van der Waals surface area contributed by atoms with Gasteiger partial charge in [0.05, 0.1) is 0 Å². The van der Waals surface area contributed by atoms with E-state index in [1.54, 1.807) is 11.8 Å². The van der Waals surface area contributed by atoms with Crippen LogP contribution in [0.4, 0.5) is 0 Å². The van der Waals surface area contributed by atoms with Gasteiger partial charge in [0.25, 0.3) is 0 Å².